The topological polar surface area (TPSA) is 111 Å². The molecule has 6 N–H and O–H groups in total. The van der Waals surface area contributed by atoms with Crippen molar-refractivity contribution in [3.8, 4) is 0 Å². The predicted molar refractivity (Wildman–Crippen MR) is 84.6 cm³/mol. The summed E-state index contributed by atoms with van der Waals surface area (Å²) in [6, 6.07) is 3.46. The van der Waals surface area contributed by atoms with Crippen LogP contribution in [0.1, 0.15) is 39.0 Å². The number of halogens is 1. The Kier molecular flexibility index (Phi) is 7.38. The SMILES string of the molecule is CCOC(=O)Nc1ccc(NCC2(O)CCCCC2)[nH+]c1N.[Cl-]. The van der Waals surface area contributed by atoms with Gasteiger partial charge in [0.1, 0.15) is 5.69 Å². The first-order valence-electron chi connectivity index (χ1n) is 7.74. The molecule has 130 valence electrons. The number of carbonyl (C=O) groups excluding carboxylic acids is 1. The van der Waals surface area contributed by atoms with Gasteiger partial charge in [0.15, 0.2) is 0 Å². The number of hydrogen-bond donors (Lipinski definition) is 4. The quantitative estimate of drug-likeness (QED) is 0.534. The third-order valence-electron chi connectivity index (χ3n) is 3.88. The van der Waals surface area contributed by atoms with Gasteiger partial charge in [-0.1, -0.05) is 19.3 Å². The average Bonchev–Trinajstić information content (AvgIpc) is 2.49. The Balaban J connectivity index is 0.00000264. The number of aromatic nitrogens is 1. The lowest BCUT2D eigenvalue weighted by Gasteiger charge is -2.30. The van der Waals surface area contributed by atoms with Crippen molar-refractivity contribution in [2.45, 2.75) is 44.6 Å². The third kappa shape index (κ3) is 5.76. The fourth-order valence-corrected chi connectivity index (χ4v) is 2.65. The monoisotopic (exact) mass is 344 g/mol. The van der Waals surface area contributed by atoms with E-state index in [1.807, 2.05) is 0 Å². The Morgan fingerprint density at radius 1 is 1.39 bits per heavy atom. The molecule has 1 fully saturated rings. The van der Waals surface area contributed by atoms with Crippen molar-refractivity contribution in [3.63, 3.8) is 0 Å². The zero-order valence-electron chi connectivity index (χ0n) is 13.3. The molecular weight excluding hydrogens is 320 g/mol. The van der Waals surface area contributed by atoms with Crippen LogP contribution >= 0.6 is 0 Å². The van der Waals surface area contributed by atoms with E-state index in [2.05, 4.69) is 15.6 Å². The van der Waals surface area contributed by atoms with Crippen LogP contribution in [0.15, 0.2) is 12.1 Å². The van der Waals surface area contributed by atoms with Crippen molar-refractivity contribution in [2.24, 2.45) is 0 Å². The molecule has 0 unspecified atom stereocenters. The summed E-state index contributed by atoms with van der Waals surface area (Å²) < 4.78 is 4.80. The van der Waals surface area contributed by atoms with Crippen LogP contribution in [-0.2, 0) is 4.74 Å². The minimum atomic E-state index is -0.650. The fraction of sp³-hybridized carbons (Fsp3) is 0.600. The molecule has 1 saturated carbocycles. The number of rotatable bonds is 5. The summed E-state index contributed by atoms with van der Waals surface area (Å²) in [7, 11) is 0. The molecule has 2 rings (SSSR count). The molecule has 0 aliphatic heterocycles. The average molecular weight is 345 g/mol. The van der Waals surface area contributed by atoms with Crippen LogP contribution in [0.25, 0.3) is 0 Å². The number of aromatic amines is 1. The molecule has 1 aromatic heterocycles. The molecule has 1 aliphatic carbocycles. The second-order valence-electron chi connectivity index (χ2n) is 5.68. The van der Waals surface area contributed by atoms with E-state index in [1.54, 1.807) is 19.1 Å². The van der Waals surface area contributed by atoms with Gasteiger partial charge >= 0.3 is 6.09 Å². The number of carbonyl (C=O) groups is 1. The Morgan fingerprint density at radius 3 is 2.70 bits per heavy atom. The molecule has 0 saturated heterocycles. The van der Waals surface area contributed by atoms with Crippen LogP contribution in [0.5, 0.6) is 0 Å². The number of amides is 1. The molecule has 1 aromatic rings. The molecule has 0 spiro atoms. The van der Waals surface area contributed by atoms with Crippen LogP contribution in [0.4, 0.5) is 22.1 Å². The number of ether oxygens (including phenoxy) is 1. The number of nitrogens with one attached hydrogen (secondary N) is 3. The first kappa shape index (κ1) is 19.3. The number of aliphatic hydroxyl groups is 1. The van der Waals surface area contributed by atoms with Crippen molar-refractivity contribution in [3.05, 3.63) is 12.1 Å². The summed E-state index contributed by atoms with van der Waals surface area (Å²) in [5.41, 5.74) is 5.69. The van der Waals surface area contributed by atoms with E-state index in [0.29, 0.717) is 30.5 Å². The maximum Gasteiger partial charge on any atom is 0.411 e. The smallest absolute Gasteiger partial charge is 0.411 e. The molecule has 0 atom stereocenters. The Hall–Kier alpha value is -1.73. The highest BCUT2D eigenvalue weighted by Crippen LogP contribution is 2.28. The fourth-order valence-electron chi connectivity index (χ4n) is 2.65. The van der Waals surface area contributed by atoms with E-state index in [1.165, 1.54) is 6.42 Å². The van der Waals surface area contributed by atoms with Crippen LogP contribution in [0.3, 0.4) is 0 Å². The van der Waals surface area contributed by atoms with E-state index in [9.17, 15) is 9.90 Å². The van der Waals surface area contributed by atoms with Gasteiger partial charge in [0.25, 0.3) is 0 Å². The first-order valence-corrected chi connectivity index (χ1v) is 7.74. The van der Waals surface area contributed by atoms with Gasteiger partial charge in [-0.05, 0) is 25.8 Å². The highest BCUT2D eigenvalue weighted by atomic mass is 35.5. The molecule has 8 heteroatoms. The summed E-state index contributed by atoms with van der Waals surface area (Å²) in [5.74, 6) is 1.03. The highest BCUT2D eigenvalue weighted by Gasteiger charge is 2.30. The van der Waals surface area contributed by atoms with Gasteiger partial charge < -0.3 is 33.3 Å². The molecule has 0 aromatic carbocycles. The zero-order chi connectivity index (χ0) is 16.0. The van der Waals surface area contributed by atoms with Gasteiger partial charge in [-0.3, -0.25) is 5.32 Å². The van der Waals surface area contributed by atoms with Gasteiger partial charge in [0.05, 0.1) is 18.8 Å². The molecule has 1 aliphatic rings. The first-order chi connectivity index (χ1) is 10.5. The van der Waals surface area contributed by atoms with Gasteiger partial charge in [0.2, 0.25) is 11.6 Å². The number of nitrogen functional groups attached to an aromatic ring is 1. The Bertz CT molecular complexity index is 521. The standard InChI is InChI=1S/C15H24N4O3.ClH/c1-2-22-14(20)18-11-6-7-12(19-13(11)16)17-10-15(21)8-4-3-5-9-15;/h6-7,21H,2-5,8-10H2,1H3,(H,18,20)(H3,16,17,19);1H. The van der Waals surface area contributed by atoms with Crippen LogP contribution in [0.2, 0.25) is 0 Å². The Labute approximate surface area is 142 Å². The summed E-state index contributed by atoms with van der Waals surface area (Å²) in [6.45, 7) is 2.51. The van der Waals surface area contributed by atoms with Crippen molar-refractivity contribution >= 4 is 23.4 Å². The van der Waals surface area contributed by atoms with E-state index in [0.717, 1.165) is 25.7 Å². The predicted octanol–water partition coefficient (Wildman–Crippen LogP) is -1.24. The van der Waals surface area contributed by atoms with E-state index in [4.69, 9.17) is 10.5 Å². The molecule has 7 nitrogen and oxygen atoms in total. The van der Waals surface area contributed by atoms with Crippen LogP contribution in [-0.4, -0.2) is 30.0 Å². The van der Waals surface area contributed by atoms with Gasteiger partial charge in [-0.2, -0.15) is 0 Å². The van der Waals surface area contributed by atoms with E-state index in [-0.39, 0.29) is 12.4 Å². The lowest BCUT2D eigenvalue weighted by molar-refractivity contribution is -0.342. The summed E-state index contributed by atoms with van der Waals surface area (Å²) in [6.07, 6.45) is 4.41. The summed E-state index contributed by atoms with van der Waals surface area (Å²) >= 11 is 0. The number of pyridine rings is 1. The van der Waals surface area contributed by atoms with E-state index < -0.39 is 11.7 Å². The minimum Gasteiger partial charge on any atom is -1.00 e. The van der Waals surface area contributed by atoms with Gasteiger partial charge in [-0.25, -0.2) is 9.78 Å². The van der Waals surface area contributed by atoms with Crippen molar-refractivity contribution in [2.75, 3.05) is 29.5 Å². The lowest BCUT2D eigenvalue weighted by atomic mass is 9.85. The normalized spacial score (nSPS) is 16.1. The highest BCUT2D eigenvalue weighted by molar-refractivity contribution is 5.87. The summed E-state index contributed by atoms with van der Waals surface area (Å²) in [5, 5.41) is 16.2. The lowest BCUT2D eigenvalue weighted by Crippen LogP contribution is -3.00. The number of H-pyrrole nitrogens is 1. The zero-order valence-corrected chi connectivity index (χ0v) is 14.1. The molecule has 1 heterocycles. The molecular formula is C15H25ClN4O3. The molecule has 0 radical (unpaired) electrons. The third-order valence-corrected chi connectivity index (χ3v) is 3.88. The van der Waals surface area contributed by atoms with E-state index >= 15 is 0 Å². The molecule has 23 heavy (non-hydrogen) atoms. The van der Waals surface area contributed by atoms with Crippen LogP contribution < -0.4 is 33.8 Å². The number of nitrogens with two attached hydrogens (primary N) is 1. The number of hydrogen-bond acceptors (Lipinski definition) is 5. The summed E-state index contributed by atoms with van der Waals surface area (Å²) in [4.78, 5) is 14.3. The van der Waals surface area contributed by atoms with Crippen molar-refractivity contribution < 1.29 is 32.0 Å². The second kappa shape index (κ2) is 8.79. The second-order valence-corrected chi connectivity index (χ2v) is 5.68. The van der Waals surface area contributed by atoms with Gasteiger partial charge in [0, 0.05) is 6.07 Å². The largest absolute Gasteiger partial charge is 1.00 e. The number of anilines is 3. The van der Waals surface area contributed by atoms with Crippen molar-refractivity contribution in [1.82, 2.24) is 0 Å². The minimum absolute atomic E-state index is 0. The van der Waals surface area contributed by atoms with Crippen molar-refractivity contribution in [1.29, 1.82) is 0 Å². The Morgan fingerprint density at radius 2 is 2.09 bits per heavy atom. The van der Waals surface area contributed by atoms with Crippen LogP contribution in [0, 0.1) is 0 Å². The van der Waals surface area contributed by atoms with Gasteiger partial charge in [-0.15, -0.1) is 0 Å². The maximum absolute atomic E-state index is 11.4. The maximum atomic E-state index is 11.4. The molecule has 1 amide bonds. The molecule has 0 bridgehead atoms.